The summed E-state index contributed by atoms with van der Waals surface area (Å²) in [7, 11) is 0. The zero-order chi connectivity index (χ0) is 12.6. The molecule has 1 saturated heterocycles. The van der Waals surface area contributed by atoms with Gasteiger partial charge in [-0.05, 0) is 26.7 Å². The maximum Gasteiger partial charge on any atom is 0.330 e. The lowest BCUT2D eigenvalue weighted by atomic mass is 10.0. The number of hydrogen-bond acceptors (Lipinski definition) is 4. The van der Waals surface area contributed by atoms with Gasteiger partial charge in [-0.2, -0.15) is 0 Å². The van der Waals surface area contributed by atoms with Gasteiger partial charge in [0.15, 0.2) is 0 Å². The Morgan fingerprint density at radius 2 is 2.06 bits per heavy atom. The topological polar surface area (TPSA) is 75.7 Å². The van der Waals surface area contributed by atoms with Gasteiger partial charge in [0.1, 0.15) is 5.41 Å². The molecule has 2 fully saturated rings. The van der Waals surface area contributed by atoms with Crippen molar-refractivity contribution in [2.24, 2.45) is 5.41 Å². The summed E-state index contributed by atoms with van der Waals surface area (Å²) in [5.74, 6) is -0.828. The maximum atomic E-state index is 12.1. The van der Waals surface area contributed by atoms with Crippen molar-refractivity contribution in [1.29, 1.82) is 0 Å². The summed E-state index contributed by atoms with van der Waals surface area (Å²) in [5.41, 5.74) is -0.958. The fourth-order valence-corrected chi connectivity index (χ4v) is 2.06. The maximum absolute atomic E-state index is 12.1. The smallest absolute Gasteiger partial charge is 0.330 e. The average Bonchev–Trinajstić information content (AvgIpc) is 3.04. The van der Waals surface area contributed by atoms with E-state index < -0.39 is 17.4 Å². The second kappa shape index (κ2) is 4.10. The summed E-state index contributed by atoms with van der Waals surface area (Å²) in [6.45, 7) is 4.35. The third kappa shape index (κ3) is 1.93. The monoisotopic (exact) mass is 240 g/mol. The van der Waals surface area contributed by atoms with Crippen molar-refractivity contribution >= 4 is 17.8 Å². The van der Waals surface area contributed by atoms with Crippen LogP contribution in [0.5, 0.6) is 0 Å². The van der Waals surface area contributed by atoms with Gasteiger partial charge in [-0.25, -0.2) is 4.79 Å². The van der Waals surface area contributed by atoms with Gasteiger partial charge in [0.25, 0.3) is 0 Å². The SMILES string of the molecule is CCOC(C)CN1C(=O)NC(=O)C2(CC2)C1=O. The van der Waals surface area contributed by atoms with Crippen LogP contribution < -0.4 is 5.32 Å². The van der Waals surface area contributed by atoms with Crippen molar-refractivity contribution in [3.05, 3.63) is 0 Å². The van der Waals surface area contributed by atoms with Gasteiger partial charge in [-0.15, -0.1) is 0 Å². The van der Waals surface area contributed by atoms with Crippen molar-refractivity contribution in [2.45, 2.75) is 32.8 Å². The lowest BCUT2D eigenvalue weighted by molar-refractivity contribution is -0.145. The number of ether oxygens (including phenoxy) is 1. The summed E-state index contributed by atoms with van der Waals surface area (Å²) < 4.78 is 5.30. The van der Waals surface area contributed by atoms with Gasteiger partial charge in [-0.1, -0.05) is 0 Å². The number of hydrogen-bond donors (Lipinski definition) is 1. The average molecular weight is 240 g/mol. The standard InChI is InChI=1S/C11H16N2O4/c1-3-17-7(2)6-13-9(15)11(4-5-11)8(14)12-10(13)16/h7H,3-6H2,1-2H3,(H,12,14,16). The third-order valence-corrected chi connectivity index (χ3v) is 3.20. The minimum atomic E-state index is -0.958. The van der Waals surface area contributed by atoms with E-state index in [1.165, 1.54) is 0 Å². The Balaban J connectivity index is 2.08. The van der Waals surface area contributed by atoms with Crippen molar-refractivity contribution in [3.63, 3.8) is 0 Å². The van der Waals surface area contributed by atoms with Crippen molar-refractivity contribution in [3.8, 4) is 0 Å². The molecular weight excluding hydrogens is 224 g/mol. The zero-order valence-electron chi connectivity index (χ0n) is 9.99. The van der Waals surface area contributed by atoms with E-state index in [-0.39, 0.29) is 18.6 Å². The predicted octanol–water partition coefficient (Wildman–Crippen LogP) is 0.270. The summed E-state index contributed by atoms with van der Waals surface area (Å²) in [4.78, 5) is 36.3. The number of amides is 4. The summed E-state index contributed by atoms with van der Waals surface area (Å²) in [5, 5.41) is 2.23. The van der Waals surface area contributed by atoms with Crippen LogP contribution in [0.1, 0.15) is 26.7 Å². The number of nitrogens with one attached hydrogen (secondary N) is 1. The molecule has 1 aliphatic heterocycles. The second-order valence-corrected chi connectivity index (χ2v) is 4.52. The van der Waals surface area contributed by atoms with E-state index in [1.807, 2.05) is 6.92 Å². The number of imide groups is 2. The van der Waals surface area contributed by atoms with E-state index in [2.05, 4.69) is 5.32 Å². The molecule has 1 spiro atoms. The first-order valence-corrected chi connectivity index (χ1v) is 5.80. The Morgan fingerprint density at radius 1 is 1.41 bits per heavy atom. The predicted molar refractivity (Wildman–Crippen MR) is 58.0 cm³/mol. The summed E-state index contributed by atoms with van der Waals surface area (Å²) >= 11 is 0. The van der Waals surface area contributed by atoms with E-state index >= 15 is 0 Å². The molecule has 6 nitrogen and oxygen atoms in total. The first-order valence-electron chi connectivity index (χ1n) is 5.80. The van der Waals surface area contributed by atoms with Crippen LogP contribution in [0.25, 0.3) is 0 Å². The number of barbiturate groups is 1. The third-order valence-electron chi connectivity index (χ3n) is 3.20. The molecule has 2 rings (SSSR count). The van der Waals surface area contributed by atoms with Gasteiger partial charge in [0.05, 0.1) is 12.6 Å². The number of carbonyl (C=O) groups is 3. The first kappa shape index (κ1) is 12.0. The van der Waals surface area contributed by atoms with Gasteiger partial charge < -0.3 is 4.74 Å². The molecule has 0 bridgehead atoms. The van der Waals surface area contributed by atoms with Gasteiger partial charge in [0, 0.05) is 6.61 Å². The Kier molecular flexibility index (Phi) is 2.91. The van der Waals surface area contributed by atoms with E-state index in [9.17, 15) is 14.4 Å². The van der Waals surface area contributed by atoms with Crippen LogP contribution in [0.4, 0.5) is 4.79 Å². The minimum Gasteiger partial charge on any atom is -0.377 e. The molecule has 0 aromatic heterocycles. The van der Waals surface area contributed by atoms with Crippen LogP contribution in [0.2, 0.25) is 0 Å². The molecule has 17 heavy (non-hydrogen) atoms. The fourth-order valence-electron chi connectivity index (χ4n) is 2.06. The van der Waals surface area contributed by atoms with Crippen LogP contribution >= 0.6 is 0 Å². The second-order valence-electron chi connectivity index (χ2n) is 4.52. The normalized spacial score (nSPS) is 23.9. The Bertz CT molecular complexity index is 376. The largest absolute Gasteiger partial charge is 0.377 e. The molecule has 0 aromatic rings. The van der Waals surface area contributed by atoms with E-state index in [0.29, 0.717) is 19.4 Å². The number of nitrogens with zero attached hydrogens (tertiary/aromatic N) is 1. The zero-order valence-corrected chi connectivity index (χ0v) is 9.99. The molecular formula is C11H16N2O4. The molecule has 0 radical (unpaired) electrons. The molecule has 1 aliphatic carbocycles. The number of rotatable bonds is 4. The Labute approximate surface area is 99.3 Å². The highest BCUT2D eigenvalue weighted by Gasteiger charge is 2.62. The van der Waals surface area contributed by atoms with E-state index in [1.54, 1.807) is 6.92 Å². The van der Waals surface area contributed by atoms with Crippen molar-refractivity contribution in [1.82, 2.24) is 10.2 Å². The van der Waals surface area contributed by atoms with Crippen LogP contribution in [0.3, 0.4) is 0 Å². The molecule has 6 heteroatoms. The number of urea groups is 1. The quantitative estimate of drug-likeness (QED) is 0.716. The highest BCUT2D eigenvalue weighted by atomic mass is 16.5. The molecule has 4 amide bonds. The molecule has 1 atom stereocenters. The van der Waals surface area contributed by atoms with Crippen LogP contribution in [0, 0.1) is 5.41 Å². The van der Waals surface area contributed by atoms with Gasteiger partial charge in [-0.3, -0.25) is 19.8 Å². The molecule has 0 aromatic carbocycles. The van der Waals surface area contributed by atoms with E-state index in [0.717, 1.165) is 4.90 Å². The molecule has 2 aliphatic rings. The summed E-state index contributed by atoms with van der Waals surface area (Å²) in [6.07, 6.45) is 0.841. The lowest BCUT2D eigenvalue weighted by Crippen LogP contribution is -2.60. The fraction of sp³-hybridized carbons (Fsp3) is 0.727. The van der Waals surface area contributed by atoms with Gasteiger partial charge >= 0.3 is 6.03 Å². The van der Waals surface area contributed by atoms with Crippen LogP contribution in [-0.2, 0) is 14.3 Å². The minimum absolute atomic E-state index is 0.188. The van der Waals surface area contributed by atoms with E-state index in [4.69, 9.17) is 4.74 Å². The Hall–Kier alpha value is -1.43. The highest BCUT2D eigenvalue weighted by molar-refractivity contribution is 6.20. The molecule has 1 unspecified atom stereocenters. The van der Waals surface area contributed by atoms with Crippen molar-refractivity contribution < 1.29 is 19.1 Å². The molecule has 1 heterocycles. The molecule has 1 N–H and O–H groups in total. The van der Waals surface area contributed by atoms with Crippen molar-refractivity contribution in [2.75, 3.05) is 13.2 Å². The molecule has 94 valence electrons. The first-order chi connectivity index (χ1) is 8.01. The number of carbonyl (C=O) groups excluding carboxylic acids is 3. The Morgan fingerprint density at radius 3 is 2.59 bits per heavy atom. The van der Waals surface area contributed by atoms with Gasteiger partial charge in [0.2, 0.25) is 11.8 Å². The summed E-state index contributed by atoms with van der Waals surface area (Å²) in [6, 6.07) is -0.635. The highest BCUT2D eigenvalue weighted by Crippen LogP contribution is 2.48. The lowest BCUT2D eigenvalue weighted by Gasteiger charge is -2.31. The molecule has 1 saturated carbocycles. The van der Waals surface area contributed by atoms with Crippen LogP contribution in [0.15, 0.2) is 0 Å². The van der Waals surface area contributed by atoms with Crippen LogP contribution in [-0.4, -0.2) is 42.0 Å².